The maximum atomic E-state index is 11.5. The molecule has 0 aliphatic rings. The molecule has 0 aliphatic heterocycles. The lowest BCUT2D eigenvalue weighted by Crippen LogP contribution is -2.04. The van der Waals surface area contributed by atoms with Crippen LogP contribution in [0.15, 0.2) is 24.3 Å². The van der Waals surface area contributed by atoms with Gasteiger partial charge in [-0.25, -0.2) is 13.2 Å². The molecule has 1 heterocycles. The van der Waals surface area contributed by atoms with Gasteiger partial charge in [0.2, 0.25) is 0 Å². The summed E-state index contributed by atoms with van der Waals surface area (Å²) < 4.78 is 23.9. The highest BCUT2D eigenvalue weighted by Crippen LogP contribution is 2.28. The first-order valence-corrected chi connectivity index (χ1v) is 8.01. The summed E-state index contributed by atoms with van der Waals surface area (Å²) in [6.45, 7) is 1.62. The highest BCUT2D eigenvalue weighted by molar-refractivity contribution is 7.90. The number of carboxylic acid groups (broad SMARTS) is 1. The summed E-state index contributed by atoms with van der Waals surface area (Å²) in [5.74, 6) is -0.847. The zero-order valence-electron chi connectivity index (χ0n) is 9.71. The van der Waals surface area contributed by atoms with E-state index in [4.69, 9.17) is 5.11 Å². The maximum Gasteiger partial charge on any atom is 0.335 e. The number of hydrogen-bond donors (Lipinski definition) is 1. The molecular formula is C12H12O4S2. The lowest BCUT2D eigenvalue weighted by atomic mass is 10.2. The molecule has 6 heteroatoms. The second-order valence-corrected chi connectivity index (χ2v) is 7.47. The zero-order chi connectivity index (χ0) is 13.3. The molecule has 96 valence electrons. The van der Waals surface area contributed by atoms with Gasteiger partial charge in [0.25, 0.3) is 0 Å². The predicted molar refractivity (Wildman–Crippen MR) is 71.9 cm³/mol. The van der Waals surface area contributed by atoms with Gasteiger partial charge in [-0.2, -0.15) is 0 Å². The fourth-order valence-corrected chi connectivity index (χ4v) is 4.00. The molecule has 0 radical (unpaired) electrons. The Morgan fingerprint density at radius 1 is 1.33 bits per heavy atom. The second kappa shape index (κ2) is 4.70. The number of rotatable bonds is 4. The van der Waals surface area contributed by atoms with Crippen molar-refractivity contribution >= 4 is 37.2 Å². The number of fused-ring (bicyclic) bond motifs is 1. The van der Waals surface area contributed by atoms with Crippen molar-refractivity contribution < 1.29 is 18.3 Å². The maximum absolute atomic E-state index is 11.5. The molecule has 0 atom stereocenters. The summed E-state index contributed by atoms with van der Waals surface area (Å²) in [7, 11) is -3.05. The summed E-state index contributed by atoms with van der Waals surface area (Å²) in [5, 5.41) is 9.77. The van der Waals surface area contributed by atoms with E-state index in [1.165, 1.54) is 17.4 Å². The highest BCUT2D eigenvalue weighted by Gasteiger charge is 2.12. The lowest BCUT2D eigenvalue weighted by Gasteiger charge is -1.96. The number of sulfone groups is 1. The minimum absolute atomic E-state index is 0.0191. The van der Waals surface area contributed by atoms with Crippen LogP contribution in [0.2, 0.25) is 0 Å². The van der Waals surface area contributed by atoms with Crippen LogP contribution in [0.5, 0.6) is 0 Å². The fourth-order valence-electron chi connectivity index (χ4n) is 1.61. The van der Waals surface area contributed by atoms with E-state index in [2.05, 4.69) is 0 Å². The van der Waals surface area contributed by atoms with Crippen molar-refractivity contribution in [1.29, 1.82) is 0 Å². The number of carbonyl (C=O) groups is 1. The van der Waals surface area contributed by atoms with Gasteiger partial charge in [-0.15, -0.1) is 11.3 Å². The Kier molecular flexibility index (Phi) is 3.41. The predicted octanol–water partition coefficient (Wildman–Crippen LogP) is 2.53. The Hall–Kier alpha value is -1.40. The van der Waals surface area contributed by atoms with Crippen LogP contribution in [0.4, 0.5) is 0 Å². The third kappa shape index (κ3) is 2.70. The van der Waals surface area contributed by atoms with Crippen molar-refractivity contribution in [3.8, 4) is 0 Å². The summed E-state index contributed by atoms with van der Waals surface area (Å²) in [4.78, 5) is 11.6. The molecule has 1 N–H and O–H groups in total. The van der Waals surface area contributed by atoms with E-state index < -0.39 is 15.8 Å². The quantitative estimate of drug-likeness (QED) is 0.936. The topological polar surface area (TPSA) is 71.4 Å². The van der Waals surface area contributed by atoms with Crippen molar-refractivity contribution in [3.05, 3.63) is 34.7 Å². The summed E-state index contributed by atoms with van der Waals surface area (Å²) in [5.41, 5.74) is 0.217. The minimum atomic E-state index is -3.05. The first kappa shape index (κ1) is 13.0. The van der Waals surface area contributed by atoms with Gasteiger partial charge in [-0.3, -0.25) is 0 Å². The van der Waals surface area contributed by atoms with Gasteiger partial charge in [0.05, 0.1) is 11.3 Å². The lowest BCUT2D eigenvalue weighted by molar-refractivity contribution is 0.0697. The van der Waals surface area contributed by atoms with Gasteiger partial charge in [0, 0.05) is 15.3 Å². The van der Waals surface area contributed by atoms with Crippen molar-refractivity contribution in [3.63, 3.8) is 0 Å². The van der Waals surface area contributed by atoms with Gasteiger partial charge in [-0.05, 0) is 23.6 Å². The molecule has 18 heavy (non-hydrogen) atoms. The summed E-state index contributed by atoms with van der Waals surface area (Å²) >= 11 is 1.33. The van der Waals surface area contributed by atoms with Crippen molar-refractivity contribution in [2.45, 2.75) is 12.7 Å². The third-order valence-corrected chi connectivity index (χ3v) is 5.53. The van der Waals surface area contributed by atoms with Gasteiger partial charge in [-0.1, -0.05) is 13.0 Å². The number of benzene rings is 1. The van der Waals surface area contributed by atoms with Crippen LogP contribution in [0.25, 0.3) is 10.1 Å². The Morgan fingerprint density at radius 2 is 2.06 bits per heavy atom. The van der Waals surface area contributed by atoms with E-state index in [-0.39, 0.29) is 17.1 Å². The molecule has 2 aromatic rings. The normalized spacial score (nSPS) is 11.8. The van der Waals surface area contributed by atoms with Crippen LogP contribution in [0, 0.1) is 0 Å². The van der Waals surface area contributed by atoms with Gasteiger partial charge in [0.15, 0.2) is 9.84 Å². The van der Waals surface area contributed by atoms with E-state index in [0.29, 0.717) is 0 Å². The monoisotopic (exact) mass is 284 g/mol. The zero-order valence-corrected chi connectivity index (χ0v) is 11.3. The SMILES string of the molecule is CCS(=O)(=O)Cc1cc2ccc(C(=O)O)cc2s1. The van der Waals surface area contributed by atoms with E-state index in [9.17, 15) is 13.2 Å². The molecule has 1 aromatic carbocycles. The number of carboxylic acids is 1. The average molecular weight is 284 g/mol. The van der Waals surface area contributed by atoms with Crippen molar-refractivity contribution in [2.75, 3.05) is 5.75 Å². The first-order chi connectivity index (χ1) is 8.41. The molecule has 0 unspecified atom stereocenters. The summed E-state index contributed by atoms with van der Waals surface area (Å²) in [6, 6.07) is 6.61. The standard InChI is InChI=1S/C12H12O4S2/c1-2-18(15,16)7-10-5-8-3-4-9(12(13)14)6-11(8)17-10/h3-6H,2,7H2,1H3,(H,13,14). The fraction of sp³-hybridized carbons (Fsp3) is 0.250. The van der Waals surface area contributed by atoms with Crippen LogP contribution < -0.4 is 0 Å². The molecule has 4 nitrogen and oxygen atoms in total. The van der Waals surface area contributed by atoms with Gasteiger partial charge < -0.3 is 5.11 Å². The number of aromatic carboxylic acids is 1. The van der Waals surface area contributed by atoms with Crippen LogP contribution in [-0.4, -0.2) is 25.2 Å². The molecule has 0 bridgehead atoms. The first-order valence-electron chi connectivity index (χ1n) is 5.37. The molecule has 0 amide bonds. The molecule has 0 aliphatic carbocycles. The van der Waals surface area contributed by atoms with Crippen LogP contribution in [-0.2, 0) is 15.6 Å². The average Bonchev–Trinajstić information content (AvgIpc) is 2.68. The van der Waals surface area contributed by atoms with E-state index in [1.54, 1.807) is 25.1 Å². The van der Waals surface area contributed by atoms with E-state index in [1.807, 2.05) is 0 Å². The van der Waals surface area contributed by atoms with E-state index in [0.717, 1.165) is 15.0 Å². The van der Waals surface area contributed by atoms with Crippen LogP contribution in [0.1, 0.15) is 22.2 Å². The molecule has 0 saturated heterocycles. The van der Waals surface area contributed by atoms with Gasteiger partial charge >= 0.3 is 5.97 Å². The van der Waals surface area contributed by atoms with Crippen molar-refractivity contribution in [1.82, 2.24) is 0 Å². The van der Waals surface area contributed by atoms with Crippen LogP contribution >= 0.6 is 11.3 Å². The molecule has 0 spiro atoms. The smallest absolute Gasteiger partial charge is 0.335 e. The minimum Gasteiger partial charge on any atom is -0.478 e. The Labute approximate surface area is 109 Å². The largest absolute Gasteiger partial charge is 0.478 e. The number of hydrogen-bond acceptors (Lipinski definition) is 4. The number of thiophene rings is 1. The molecule has 2 rings (SSSR count). The third-order valence-electron chi connectivity index (χ3n) is 2.62. The Bertz CT molecular complexity index is 698. The van der Waals surface area contributed by atoms with E-state index >= 15 is 0 Å². The molecule has 1 aromatic heterocycles. The molecular weight excluding hydrogens is 272 g/mol. The van der Waals surface area contributed by atoms with Gasteiger partial charge in [0.1, 0.15) is 0 Å². The Balaban J connectivity index is 2.42. The Morgan fingerprint density at radius 3 is 2.67 bits per heavy atom. The second-order valence-electron chi connectivity index (χ2n) is 3.95. The molecule has 0 fully saturated rings. The highest BCUT2D eigenvalue weighted by atomic mass is 32.2. The summed E-state index contributed by atoms with van der Waals surface area (Å²) in [6.07, 6.45) is 0. The van der Waals surface area contributed by atoms with Crippen molar-refractivity contribution in [2.24, 2.45) is 0 Å². The van der Waals surface area contributed by atoms with Crippen LogP contribution in [0.3, 0.4) is 0 Å². The molecule has 0 saturated carbocycles.